The Morgan fingerprint density at radius 1 is 1.67 bits per heavy atom. The molecule has 0 bridgehead atoms. The zero-order valence-electron chi connectivity index (χ0n) is 5.54. The molecule has 0 aromatic carbocycles. The summed E-state index contributed by atoms with van der Waals surface area (Å²) in [6.45, 7) is 2.75. The lowest BCUT2D eigenvalue weighted by Crippen LogP contribution is -2.10. The van der Waals surface area contributed by atoms with Crippen LogP contribution in [0.15, 0.2) is 0 Å². The molecule has 1 aliphatic rings. The van der Waals surface area contributed by atoms with Gasteiger partial charge in [0, 0.05) is 13.0 Å². The number of aliphatic hydroxyl groups is 1. The molecular weight excluding hydrogens is 120 g/mol. The molecule has 0 aromatic rings. The van der Waals surface area contributed by atoms with Crippen molar-refractivity contribution in [1.82, 2.24) is 0 Å². The van der Waals surface area contributed by atoms with Crippen molar-refractivity contribution in [2.24, 2.45) is 0 Å². The quantitative estimate of drug-likeness (QED) is 0.580. The molecular formula is C6H12O3. The van der Waals surface area contributed by atoms with Gasteiger partial charge in [0.1, 0.15) is 0 Å². The zero-order valence-corrected chi connectivity index (χ0v) is 5.54. The standard InChI is InChI=1S/C6H12O3/c1-5-4-8-6(9-5)2-3-7/h5-7H,2-4H2,1H3/t5-,6-/m1/s1. The third kappa shape index (κ3) is 1.93. The fourth-order valence-corrected chi connectivity index (χ4v) is 0.837. The molecule has 0 spiro atoms. The van der Waals surface area contributed by atoms with Crippen LogP contribution >= 0.6 is 0 Å². The van der Waals surface area contributed by atoms with Crippen molar-refractivity contribution in [1.29, 1.82) is 0 Å². The van der Waals surface area contributed by atoms with Gasteiger partial charge in [-0.05, 0) is 6.92 Å². The van der Waals surface area contributed by atoms with Gasteiger partial charge in [0.05, 0.1) is 12.7 Å². The maximum absolute atomic E-state index is 8.45. The molecule has 3 heteroatoms. The third-order valence-electron chi connectivity index (χ3n) is 1.27. The van der Waals surface area contributed by atoms with E-state index < -0.39 is 0 Å². The zero-order chi connectivity index (χ0) is 6.69. The maximum atomic E-state index is 8.45. The van der Waals surface area contributed by atoms with Crippen molar-refractivity contribution in [3.8, 4) is 0 Å². The van der Waals surface area contributed by atoms with Gasteiger partial charge in [-0.15, -0.1) is 0 Å². The molecule has 0 amide bonds. The molecule has 1 heterocycles. The second-order valence-corrected chi connectivity index (χ2v) is 2.22. The van der Waals surface area contributed by atoms with Gasteiger partial charge in [0.15, 0.2) is 6.29 Å². The molecule has 1 saturated heterocycles. The lowest BCUT2D eigenvalue weighted by Gasteiger charge is -2.05. The Morgan fingerprint density at radius 2 is 2.44 bits per heavy atom. The van der Waals surface area contributed by atoms with Crippen LogP contribution in [-0.4, -0.2) is 30.7 Å². The highest BCUT2D eigenvalue weighted by Crippen LogP contribution is 2.12. The monoisotopic (exact) mass is 132 g/mol. The largest absolute Gasteiger partial charge is 0.396 e. The lowest BCUT2D eigenvalue weighted by atomic mass is 10.4. The van der Waals surface area contributed by atoms with Crippen molar-refractivity contribution in [2.45, 2.75) is 25.7 Å². The highest BCUT2D eigenvalue weighted by Gasteiger charge is 2.20. The highest BCUT2D eigenvalue weighted by atomic mass is 16.7. The first-order valence-electron chi connectivity index (χ1n) is 3.21. The van der Waals surface area contributed by atoms with Crippen LogP contribution < -0.4 is 0 Å². The highest BCUT2D eigenvalue weighted by molar-refractivity contribution is 4.58. The Balaban J connectivity index is 2.14. The van der Waals surface area contributed by atoms with Crippen LogP contribution in [0.1, 0.15) is 13.3 Å². The van der Waals surface area contributed by atoms with E-state index in [9.17, 15) is 0 Å². The normalized spacial score (nSPS) is 35.3. The lowest BCUT2D eigenvalue weighted by molar-refractivity contribution is -0.0666. The van der Waals surface area contributed by atoms with Gasteiger partial charge in [0.25, 0.3) is 0 Å². The predicted octanol–water partition coefficient (Wildman–Crippen LogP) is 0.130. The maximum Gasteiger partial charge on any atom is 0.160 e. The molecule has 1 rings (SSSR count). The molecule has 0 aliphatic carbocycles. The topological polar surface area (TPSA) is 38.7 Å². The molecule has 3 nitrogen and oxygen atoms in total. The summed E-state index contributed by atoms with van der Waals surface area (Å²) in [5.41, 5.74) is 0. The first kappa shape index (κ1) is 6.99. The van der Waals surface area contributed by atoms with Gasteiger partial charge in [0.2, 0.25) is 0 Å². The molecule has 0 radical (unpaired) electrons. The van der Waals surface area contributed by atoms with Gasteiger partial charge in [-0.2, -0.15) is 0 Å². The molecule has 1 fully saturated rings. The molecule has 9 heavy (non-hydrogen) atoms. The Morgan fingerprint density at radius 3 is 2.89 bits per heavy atom. The fraction of sp³-hybridized carbons (Fsp3) is 1.00. The van der Waals surface area contributed by atoms with Crippen LogP contribution in [0.25, 0.3) is 0 Å². The van der Waals surface area contributed by atoms with Gasteiger partial charge in [-0.1, -0.05) is 0 Å². The van der Waals surface area contributed by atoms with Crippen molar-refractivity contribution < 1.29 is 14.6 Å². The Kier molecular flexibility index (Phi) is 2.45. The van der Waals surface area contributed by atoms with Crippen LogP contribution in [0.5, 0.6) is 0 Å². The van der Waals surface area contributed by atoms with Crippen molar-refractivity contribution >= 4 is 0 Å². The Labute approximate surface area is 54.6 Å². The summed E-state index contributed by atoms with van der Waals surface area (Å²) in [6, 6.07) is 0. The van der Waals surface area contributed by atoms with Gasteiger partial charge in [-0.25, -0.2) is 0 Å². The number of aliphatic hydroxyl groups excluding tert-OH is 1. The van der Waals surface area contributed by atoms with E-state index in [1.54, 1.807) is 0 Å². The van der Waals surface area contributed by atoms with Crippen molar-refractivity contribution in [2.75, 3.05) is 13.2 Å². The molecule has 1 aliphatic heterocycles. The van der Waals surface area contributed by atoms with Crippen LogP contribution in [-0.2, 0) is 9.47 Å². The van der Waals surface area contributed by atoms with Crippen LogP contribution in [0.4, 0.5) is 0 Å². The molecule has 0 aromatic heterocycles. The molecule has 0 saturated carbocycles. The van der Waals surface area contributed by atoms with Crippen molar-refractivity contribution in [3.05, 3.63) is 0 Å². The summed E-state index contributed by atoms with van der Waals surface area (Å²) in [5.74, 6) is 0. The summed E-state index contributed by atoms with van der Waals surface area (Å²) in [6.07, 6.45) is 0.621. The third-order valence-corrected chi connectivity index (χ3v) is 1.27. The smallest absolute Gasteiger partial charge is 0.160 e. The summed E-state index contributed by atoms with van der Waals surface area (Å²) >= 11 is 0. The van der Waals surface area contributed by atoms with E-state index >= 15 is 0 Å². The SMILES string of the molecule is C[C@@H]1CO[C@@H](CCO)O1. The van der Waals surface area contributed by atoms with Crippen LogP contribution in [0.3, 0.4) is 0 Å². The first-order valence-corrected chi connectivity index (χ1v) is 3.21. The van der Waals surface area contributed by atoms with Gasteiger partial charge in [-0.3, -0.25) is 0 Å². The number of rotatable bonds is 2. The van der Waals surface area contributed by atoms with Crippen molar-refractivity contribution in [3.63, 3.8) is 0 Å². The minimum atomic E-state index is -0.162. The van der Waals surface area contributed by atoms with Crippen LogP contribution in [0, 0.1) is 0 Å². The summed E-state index contributed by atoms with van der Waals surface area (Å²) in [4.78, 5) is 0. The summed E-state index contributed by atoms with van der Waals surface area (Å²) in [5, 5.41) is 8.45. The Bertz CT molecular complexity index is 82.4. The van der Waals surface area contributed by atoms with E-state index in [-0.39, 0.29) is 19.0 Å². The molecule has 0 unspecified atom stereocenters. The van der Waals surface area contributed by atoms with E-state index in [4.69, 9.17) is 14.6 Å². The van der Waals surface area contributed by atoms with E-state index in [0.29, 0.717) is 13.0 Å². The number of hydrogen-bond acceptors (Lipinski definition) is 3. The number of ether oxygens (including phenoxy) is 2. The van der Waals surface area contributed by atoms with E-state index in [2.05, 4.69) is 0 Å². The fourth-order valence-electron chi connectivity index (χ4n) is 0.837. The van der Waals surface area contributed by atoms with Gasteiger partial charge < -0.3 is 14.6 Å². The van der Waals surface area contributed by atoms with Crippen LogP contribution in [0.2, 0.25) is 0 Å². The Hall–Kier alpha value is -0.120. The minimum absolute atomic E-state index is 0.136. The second-order valence-electron chi connectivity index (χ2n) is 2.22. The molecule has 54 valence electrons. The first-order chi connectivity index (χ1) is 4.33. The average Bonchev–Trinajstić information content (AvgIpc) is 2.17. The minimum Gasteiger partial charge on any atom is -0.396 e. The summed E-state index contributed by atoms with van der Waals surface area (Å²) in [7, 11) is 0. The van der Waals surface area contributed by atoms with E-state index in [0.717, 1.165) is 0 Å². The average molecular weight is 132 g/mol. The van der Waals surface area contributed by atoms with Gasteiger partial charge >= 0.3 is 0 Å². The molecule has 2 atom stereocenters. The summed E-state index contributed by atoms with van der Waals surface area (Å²) < 4.78 is 10.3. The molecule has 1 N–H and O–H groups in total. The predicted molar refractivity (Wildman–Crippen MR) is 32.0 cm³/mol. The second kappa shape index (κ2) is 3.15. The van der Waals surface area contributed by atoms with E-state index in [1.165, 1.54) is 0 Å². The number of hydrogen-bond donors (Lipinski definition) is 1. The van der Waals surface area contributed by atoms with E-state index in [1.807, 2.05) is 6.92 Å².